The van der Waals surface area contributed by atoms with E-state index in [1.54, 1.807) is 42.5 Å². The molecule has 4 aromatic rings. The van der Waals surface area contributed by atoms with Crippen LogP contribution in [-0.2, 0) is 20.2 Å². The number of rotatable bonds is 6. The maximum atomic E-state index is 12.0. The molecule has 37 heavy (non-hydrogen) atoms. The second-order valence-corrected chi connectivity index (χ2v) is 11.5. The van der Waals surface area contributed by atoms with Crippen molar-refractivity contribution in [1.82, 2.24) is 0 Å². The summed E-state index contributed by atoms with van der Waals surface area (Å²) in [5.41, 5.74) is 1.30. The predicted octanol–water partition coefficient (Wildman–Crippen LogP) is 0.340. The Morgan fingerprint density at radius 2 is 1.30 bits per heavy atom. The molecular formula is C22H13Br2N3Na2O6S2. The summed E-state index contributed by atoms with van der Waals surface area (Å²) in [7, 11) is -9.61. The van der Waals surface area contributed by atoms with Gasteiger partial charge in [-0.1, -0.05) is 30.3 Å². The van der Waals surface area contributed by atoms with Crippen LogP contribution in [0.25, 0.3) is 10.8 Å². The molecule has 0 amide bonds. The zero-order valence-corrected chi connectivity index (χ0v) is 28.1. The number of hydrogen-bond donors (Lipinski definition) is 1. The van der Waals surface area contributed by atoms with Gasteiger partial charge in [0.25, 0.3) is 0 Å². The monoisotopic (exact) mass is 683 g/mol. The molecule has 0 saturated carbocycles. The first-order valence-electron chi connectivity index (χ1n) is 9.65. The molecule has 180 valence electrons. The first kappa shape index (κ1) is 32.5. The average molecular weight is 685 g/mol. The molecule has 4 rings (SSSR count). The van der Waals surface area contributed by atoms with Crippen LogP contribution >= 0.6 is 31.9 Å². The van der Waals surface area contributed by atoms with E-state index in [-0.39, 0.29) is 80.3 Å². The van der Waals surface area contributed by atoms with Crippen molar-refractivity contribution in [2.45, 2.75) is 9.79 Å². The van der Waals surface area contributed by atoms with Crippen molar-refractivity contribution in [2.75, 3.05) is 5.32 Å². The fraction of sp³-hybridized carbons (Fsp3) is 0. The molecule has 0 radical (unpaired) electrons. The van der Waals surface area contributed by atoms with Gasteiger partial charge in [-0.15, -0.1) is 10.2 Å². The Labute approximate surface area is 274 Å². The fourth-order valence-electron chi connectivity index (χ4n) is 3.33. The molecule has 0 fully saturated rings. The van der Waals surface area contributed by atoms with Crippen LogP contribution in [0.4, 0.5) is 22.7 Å². The second kappa shape index (κ2) is 13.1. The summed E-state index contributed by atoms with van der Waals surface area (Å²) in [4.78, 5) is -0.948. The van der Waals surface area contributed by atoms with Crippen molar-refractivity contribution in [3.8, 4) is 0 Å². The number of nitrogens with one attached hydrogen (secondary N) is 1. The smallest absolute Gasteiger partial charge is 0.744 e. The van der Waals surface area contributed by atoms with Gasteiger partial charge >= 0.3 is 59.1 Å². The Kier molecular flexibility index (Phi) is 11.5. The van der Waals surface area contributed by atoms with Crippen LogP contribution in [0.5, 0.6) is 0 Å². The van der Waals surface area contributed by atoms with E-state index in [4.69, 9.17) is 0 Å². The molecule has 0 unspecified atom stereocenters. The molecule has 0 saturated heterocycles. The van der Waals surface area contributed by atoms with Crippen molar-refractivity contribution in [2.24, 2.45) is 10.2 Å². The topological polar surface area (TPSA) is 151 Å². The molecule has 15 heteroatoms. The van der Waals surface area contributed by atoms with Gasteiger partial charge in [0, 0.05) is 31.1 Å². The van der Waals surface area contributed by atoms with E-state index in [9.17, 15) is 25.9 Å². The third kappa shape index (κ3) is 7.71. The molecule has 0 atom stereocenters. The predicted molar refractivity (Wildman–Crippen MR) is 136 cm³/mol. The fourth-order valence-corrected chi connectivity index (χ4v) is 6.27. The molecule has 0 heterocycles. The van der Waals surface area contributed by atoms with Crippen LogP contribution in [0.3, 0.4) is 0 Å². The average Bonchev–Trinajstić information content (AvgIpc) is 2.78. The van der Waals surface area contributed by atoms with Gasteiger partial charge in [0.05, 0.1) is 15.5 Å². The normalized spacial score (nSPS) is 11.7. The maximum Gasteiger partial charge on any atom is 1.00 e. The van der Waals surface area contributed by atoms with E-state index in [1.165, 1.54) is 18.2 Å². The summed E-state index contributed by atoms with van der Waals surface area (Å²) in [5, 5.41) is 11.8. The van der Waals surface area contributed by atoms with Crippen molar-refractivity contribution in [1.29, 1.82) is 0 Å². The SMILES string of the molecule is O=S(=O)([O-])c1cc(N=Nc2ccc(Nc3ccccc3)c3c(S(=O)(=O)[O-])cccc23)c(Br)cc1Br.[Na+].[Na+]. The third-order valence-electron chi connectivity index (χ3n) is 4.84. The first-order chi connectivity index (χ1) is 16.4. The standard InChI is InChI=1S/C22H15Br2N3O6S2.2Na/c23-15-11-16(24)21(35(31,32)33)12-19(15)27-26-17-9-10-18(25-13-5-2-1-3-6-13)22-14(17)7-4-8-20(22)34(28,29)30;;/h1-12,25H,(H,28,29,30)(H,31,32,33);;/q;2*+1/p-2. The Balaban J connectivity index is 0.00000241. The summed E-state index contributed by atoms with van der Waals surface area (Å²) in [5.74, 6) is 0. The number of hydrogen-bond acceptors (Lipinski definition) is 9. The molecule has 0 aromatic heterocycles. The van der Waals surface area contributed by atoms with Crippen molar-refractivity contribution in [3.05, 3.63) is 81.7 Å². The number of nitrogens with zero attached hydrogens (tertiary/aromatic N) is 2. The summed E-state index contributed by atoms with van der Waals surface area (Å²) >= 11 is 6.28. The molecule has 1 N–H and O–H groups in total. The third-order valence-corrected chi connectivity index (χ3v) is 8.15. The van der Waals surface area contributed by atoms with Crippen molar-refractivity contribution < 1.29 is 85.1 Å². The van der Waals surface area contributed by atoms with Gasteiger partial charge < -0.3 is 14.4 Å². The van der Waals surface area contributed by atoms with E-state index < -0.39 is 30.0 Å². The Hall–Kier alpha value is -0.680. The summed E-state index contributed by atoms with van der Waals surface area (Å²) in [6.07, 6.45) is 0. The van der Waals surface area contributed by atoms with E-state index in [0.29, 0.717) is 21.2 Å². The quantitative estimate of drug-likeness (QED) is 0.175. The Bertz CT molecular complexity index is 1710. The largest absolute Gasteiger partial charge is 1.00 e. The first-order valence-corrected chi connectivity index (χ1v) is 14.1. The van der Waals surface area contributed by atoms with E-state index >= 15 is 0 Å². The Morgan fingerprint density at radius 1 is 0.676 bits per heavy atom. The maximum absolute atomic E-state index is 12.0. The Morgan fingerprint density at radius 3 is 1.92 bits per heavy atom. The van der Waals surface area contributed by atoms with Gasteiger partial charge in [-0.25, -0.2) is 16.8 Å². The van der Waals surface area contributed by atoms with Crippen LogP contribution < -0.4 is 64.4 Å². The van der Waals surface area contributed by atoms with Gasteiger partial charge in [0.1, 0.15) is 25.9 Å². The molecule has 0 aliphatic carbocycles. The van der Waals surface area contributed by atoms with E-state index in [1.807, 2.05) is 6.07 Å². The molecule has 4 aromatic carbocycles. The number of anilines is 2. The van der Waals surface area contributed by atoms with Crippen LogP contribution in [-0.4, -0.2) is 25.9 Å². The van der Waals surface area contributed by atoms with Gasteiger partial charge in [0.15, 0.2) is 0 Å². The summed E-state index contributed by atoms with van der Waals surface area (Å²) < 4.78 is 71.0. The zero-order chi connectivity index (χ0) is 25.4. The molecule has 0 aliphatic heterocycles. The number of azo groups is 1. The number of benzene rings is 4. The van der Waals surface area contributed by atoms with Crippen molar-refractivity contribution >= 4 is 85.6 Å². The summed E-state index contributed by atoms with van der Waals surface area (Å²) in [6, 6.07) is 18.7. The molecule has 0 bridgehead atoms. The van der Waals surface area contributed by atoms with Gasteiger partial charge in [-0.3, -0.25) is 0 Å². The van der Waals surface area contributed by atoms with Gasteiger partial charge in [0.2, 0.25) is 0 Å². The number of fused-ring (bicyclic) bond motifs is 1. The van der Waals surface area contributed by atoms with Crippen molar-refractivity contribution in [3.63, 3.8) is 0 Å². The van der Waals surface area contributed by atoms with E-state index in [0.717, 1.165) is 6.07 Å². The van der Waals surface area contributed by atoms with Gasteiger partial charge in [-0.05, 0) is 74.3 Å². The molecular weight excluding hydrogens is 672 g/mol. The number of para-hydroxylation sites is 1. The van der Waals surface area contributed by atoms with Crippen LogP contribution in [0.15, 0.2) is 102 Å². The zero-order valence-electron chi connectivity index (χ0n) is 19.3. The minimum absolute atomic E-state index is 0. The number of halogens is 2. The second-order valence-electron chi connectivity index (χ2n) is 7.14. The van der Waals surface area contributed by atoms with Gasteiger partial charge in [-0.2, -0.15) is 0 Å². The molecule has 0 aliphatic rings. The molecule has 9 nitrogen and oxygen atoms in total. The molecule has 0 spiro atoms. The van der Waals surface area contributed by atoms with Crippen LogP contribution in [0.2, 0.25) is 0 Å². The minimum atomic E-state index is -4.84. The minimum Gasteiger partial charge on any atom is -0.744 e. The van der Waals surface area contributed by atoms with Crippen LogP contribution in [0.1, 0.15) is 0 Å². The van der Waals surface area contributed by atoms with Crippen LogP contribution in [0, 0.1) is 0 Å². The summed E-state index contributed by atoms with van der Waals surface area (Å²) in [6.45, 7) is 0. The van der Waals surface area contributed by atoms with E-state index in [2.05, 4.69) is 47.4 Å².